The van der Waals surface area contributed by atoms with Gasteiger partial charge in [-0.15, -0.1) is 0 Å². The van der Waals surface area contributed by atoms with E-state index in [1.54, 1.807) is 0 Å². The molecular weight excluding hydrogens is 336 g/mol. The summed E-state index contributed by atoms with van der Waals surface area (Å²) < 4.78 is 2.16. The monoisotopic (exact) mass is 362 g/mol. The normalized spacial score (nSPS) is 20.6. The second-order valence-electron chi connectivity index (χ2n) is 7.89. The number of aromatic nitrogens is 4. The lowest BCUT2D eigenvalue weighted by Crippen LogP contribution is -2.37. The molecule has 140 valence electrons. The molecule has 6 heteroatoms. The summed E-state index contributed by atoms with van der Waals surface area (Å²) in [6.07, 6.45) is 11.1. The van der Waals surface area contributed by atoms with Crippen LogP contribution in [-0.2, 0) is 0 Å². The molecule has 3 aromatic heterocycles. The summed E-state index contributed by atoms with van der Waals surface area (Å²) in [6, 6.07) is 6.25. The number of rotatable bonds is 3. The van der Waals surface area contributed by atoms with E-state index in [4.69, 9.17) is 4.98 Å². The van der Waals surface area contributed by atoms with Crippen molar-refractivity contribution in [3.8, 4) is 11.4 Å². The molecular formula is C21H26N6. The zero-order chi connectivity index (χ0) is 18.2. The summed E-state index contributed by atoms with van der Waals surface area (Å²) in [7, 11) is 0. The quantitative estimate of drug-likeness (QED) is 0.712. The van der Waals surface area contributed by atoms with E-state index in [2.05, 4.69) is 49.4 Å². The van der Waals surface area contributed by atoms with Gasteiger partial charge in [0.05, 0.1) is 23.3 Å². The molecule has 1 atom stereocenters. The topological polar surface area (TPSA) is 49.6 Å². The molecule has 2 fully saturated rings. The molecule has 6 nitrogen and oxygen atoms in total. The van der Waals surface area contributed by atoms with Crippen LogP contribution in [0.1, 0.15) is 32.6 Å². The third-order valence-corrected chi connectivity index (χ3v) is 5.81. The number of imidazole rings is 1. The largest absolute Gasteiger partial charge is 0.370 e. The average molecular weight is 362 g/mol. The van der Waals surface area contributed by atoms with Gasteiger partial charge in [-0.3, -0.25) is 4.40 Å². The zero-order valence-electron chi connectivity index (χ0n) is 15.9. The van der Waals surface area contributed by atoms with Crippen molar-refractivity contribution in [2.45, 2.75) is 32.6 Å². The lowest BCUT2D eigenvalue weighted by Gasteiger charge is -2.33. The number of pyridine rings is 1. The summed E-state index contributed by atoms with van der Waals surface area (Å²) in [5, 5.41) is 0. The molecule has 2 aliphatic rings. The Balaban J connectivity index is 1.51. The minimum atomic E-state index is 0.689. The van der Waals surface area contributed by atoms with Gasteiger partial charge in [0, 0.05) is 38.6 Å². The third-order valence-electron chi connectivity index (χ3n) is 5.81. The lowest BCUT2D eigenvalue weighted by molar-refractivity contribution is 0.542. The van der Waals surface area contributed by atoms with Gasteiger partial charge in [-0.1, -0.05) is 13.3 Å². The van der Waals surface area contributed by atoms with Gasteiger partial charge >= 0.3 is 0 Å². The molecule has 5 rings (SSSR count). The summed E-state index contributed by atoms with van der Waals surface area (Å²) in [5.74, 6) is 1.53. The Hall–Kier alpha value is -2.63. The smallest absolute Gasteiger partial charge is 0.225 e. The fraction of sp³-hybridized carbons (Fsp3) is 0.476. The van der Waals surface area contributed by atoms with Crippen molar-refractivity contribution in [3.05, 3.63) is 36.8 Å². The first kappa shape index (κ1) is 16.5. The summed E-state index contributed by atoms with van der Waals surface area (Å²) in [5.41, 5.74) is 4.17. The molecule has 0 saturated carbocycles. The Morgan fingerprint density at radius 3 is 2.70 bits per heavy atom. The molecule has 2 aliphatic heterocycles. The fourth-order valence-electron chi connectivity index (χ4n) is 4.10. The van der Waals surface area contributed by atoms with Gasteiger partial charge in [-0.25, -0.2) is 15.0 Å². The average Bonchev–Trinajstić information content (AvgIpc) is 2.94. The van der Waals surface area contributed by atoms with Crippen molar-refractivity contribution < 1.29 is 0 Å². The van der Waals surface area contributed by atoms with Crippen LogP contribution in [-0.4, -0.2) is 45.5 Å². The maximum atomic E-state index is 4.91. The first-order valence-electron chi connectivity index (χ1n) is 10.1. The Bertz CT molecular complexity index is 945. The molecule has 3 aromatic rings. The van der Waals surface area contributed by atoms with E-state index in [9.17, 15) is 0 Å². The Morgan fingerprint density at radius 1 is 0.963 bits per heavy atom. The maximum Gasteiger partial charge on any atom is 0.225 e. The van der Waals surface area contributed by atoms with Gasteiger partial charge in [0.25, 0.3) is 0 Å². The second-order valence-corrected chi connectivity index (χ2v) is 7.89. The Kier molecular flexibility index (Phi) is 4.19. The van der Waals surface area contributed by atoms with Crippen LogP contribution >= 0.6 is 0 Å². The Labute approximate surface area is 159 Å². The minimum absolute atomic E-state index is 0.689. The number of nitrogens with zero attached hydrogens (tertiary/aromatic N) is 6. The fourth-order valence-corrected chi connectivity index (χ4v) is 4.10. The summed E-state index contributed by atoms with van der Waals surface area (Å²) in [6.45, 7) is 6.68. The minimum Gasteiger partial charge on any atom is -0.370 e. The van der Waals surface area contributed by atoms with Crippen LogP contribution in [0.3, 0.4) is 0 Å². The second kappa shape index (κ2) is 6.83. The van der Waals surface area contributed by atoms with E-state index in [0.29, 0.717) is 5.92 Å². The lowest BCUT2D eigenvalue weighted by atomic mass is 10.1. The van der Waals surface area contributed by atoms with Gasteiger partial charge in [0.2, 0.25) is 5.95 Å². The SMILES string of the molecule is CC1CCCCN(c2nccc(-c3cnc4ccc(N5CCC5)cn34)n2)C1. The van der Waals surface area contributed by atoms with Crippen LogP contribution in [0.25, 0.3) is 17.0 Å². The summed E-state index contributed by atoms with van der Waals surface area (Å²) >= 11 is 0. The number of anilines is 2. The van der Waals surface area contributed by atoms with Crippen molar-refractivity contribution in [2.24, 2.45) is 5.92 Å². The van der Waals surface area contributed by atoms with Crippen molar-refractivity contribution >= 4 is 17.3 Å². The van der Waals surface area contributed by atoms with E-state index >= 15 is 0 Å². The number of hydrogen-bond acceptors (Lipinski definition) is 5. The van der Waals surface area contributed by atoms with Crippen molar-refractivity contribution in [1.82, 2.24) is 19.4 Å². The van der Waals surface area contributed by atoms with E-state index in [-0.39, 0.29) is 0 Å². The van der Waals surface area contributed by atoms with Crippen molar-refractivity contribution in [3.63, 3.8) is 0 Å². The van der Waals surface area contributed by atoms with Crippen LogP contribution in [0.5, 0.6) is 0 Å². The van der Waals surface area contributed by atoms with Gasteiger partial charge in [0.15, 0.2) is 0 Å². The van der Waals surface area contributed by atoms with Crippen LogP contribution in [0.15, 0.2) is 36.8 Å². The molecule has 0 bridgehead atoms. The van der Waals surface area contributed by atoms with E-state index < -0.39 is 0 Å². The van der Waals surface area contributed by atoms with Gasteiger partial charge in [0.1, 0.15) is 5.65 Å². The highest BCUT2D eigenvalue weighted by atomic mass is 15.3. The van der Waals surface area contributed by atoms with Gasteiger partial charge in [-0.05, 0) is 43.4 Å². The van der Waals surface area contributed by atoms with Crippen molar-refractivity contribution in [1.29, 1.82) is 0 Å². The van der Waals surface area contributed by atoms with Crippen LogP contribution in [0.4, 0.5) is 11.6 Å². The van der Waals surface area contributed by atoms with E-state index in [1.807, 2.05) is 18.5 Å². The highest BCUT2D eigenvalue weighted by Gasteiger charge is 2.19. The van der Waals surface area contributed by atoms with Gasteiger partial charge < -0.3 is 9.80 Å². The number of hydrogen-bond donors (Lipinski definition) is 0. The zero-order valence-corrected chi connectivity index (χ0v) is 15.9. The van der Waals surface area contributed by atoms with Crippen LogP contribution in [0.2, 0.25) is 0 Å². The Morgan fingerprint density at radius 2 is 1.85 bits per heavy atom. The van der Waals surface area contributed by atoms with Crippen molar-refractivity contribution in [2.75, 3.05) is 36.0 Å². The third kappa shape index (κ3) is 3.13. The molecule has 0 amide bonds. The highest BCUT2D eigenvalue weighted by Crippen LogP contribution is 2.26. The predicted octanol–water partition coefficient (Wildman–Crippen LogP) is 3.63. The van der Waals surface area contributed by atoms with E-state index in [1.165, 1.54) is 31.4 Å². The predicted molar refractivity (Wildman–Crippen MR) is 108 cm³/mol. The maximum absolute atomic E-state index is 4.91. The summed E-state index contributed by atoms with van der Waals surface area (Å²) in [4.78, 5) is 18.8. The van der Waals surface area contributed by atoms with Crippen LogP contribution in [0, 0.1) is 5.92 Å². The molecule has 1 unspecified atom stereocenters. The molecule has 5 heterocycles. The molecule has 2 saturated heterocycles. The molecule has 0 N–H and O–H groups in total. The molecule has 0 radical (unpaired) electrons. The molecule has 27 heavy (non-hydrogen) atoms. The van der Waals surface area contributed by atoms with E-state index in [0.717, 1.165) is 49.2 Å². The molecule has 0 aromatic carbocycles. The number of fused-ring (bicyclic) bond motifs is 1. The molecule has 0 spiro atoms. The standard InChI is InChI=1S/C21H26N6/c1-16-5-2-3-10-26(14-16)21-22-9-8-18(24-21)19-13-23-20-7-6-17(15-27(19)20)25-11-4-12-25/h6-9,13,15-16H,2-5,10-12,14H2,1H3. The van der Waals surface area contributed by atoms with Crippen LogP contribution < -0.4 is 9.80 Å². The first-order chi connectivity index (χ1) is 13.3. The van der Waals surface area contributed by atoms with Gasteiger partial charge in [-0.2, -0.15) is 0 Å². The highest BCUT2D eigenvalue weighted by molar-refractivity contribution is 5.64. The first-order valence-corrected chi connectivity index (χ1v) is 10.1. The molecule has 0 aliphatic carbocycles.